The first-order chi connectivity index (χ1) is 9.49. The number of hydrogen-bond acceptors (Lipinski definition) is 4. The van der Waals surface area contributed by atoms with Gasteiger partial charge in [-0.05, 0) is 47.0 Å². The Bertz CT molecular complexity index is 449. The second kappa shape index (κ2) is 8.27. The molecule has 1 unspecified atom stereocenters. The smallest absolute Gasteiger partial charge is 0.338 e. The molecule has 0 fully saturated rings. The van der Waals surface area contributed by atoms with Crippen molar-refractivity contribution in [3.63, 3.8) is 0 Å². The summed E-state index contributed by atoms with van der Waals surface area (Å²) >= 11 is 3.48. The van der Waals surface area contributed by atoms with Crippen molar-refractivity contribution in [2.24, 2.45) is 5.92 Å². The highest BCUT2D eigenvalue weighted by molar-refractivity contribution is 9.10. The second-order valence-corrected chi connectivity index (χ2v) is 5.72. The van der Waals surface area contributed by atoms with Crippen LogP contribution in [-0.4, -0.2) is 32.3 Å². The standard InChI is InChI=1S/C15H22BrNO3/c1-5-20-15(18)11-6-7-13(12(16)8-11)17-14(9-19-4)10(2)3/h6-8,10,14,17H,5,9H2,1-4H3. The van der Waals surface area contributed by atoms with Gasteiger partial charge in [-0.15, -0.1) is 0 Å². The number of carbonyl (C=O) groups is 1. The van der Waals surface area contributed by atoms with Gasteiger partial charge in [0, 0.05) is 17.3 Å². The van der Waals surface area contributed by atoms with Crippen LogP contribution in [0.4, 0.5) is 5.69 Å². The monoisotopic (exact) mass is 343 g/mol. The minimum absolute atomic E-state index is 0.213. The van der Waals surface area contributed by atoms with E-state index in [9.17, 15) is 4.79 Å². The van der Waals surface area contributed by atoms with Crippen LogP contribution in [0.15, 0.2) is 22.7 Å². The van der Waals surface area contributed by atoms with Crippen LogP contribution in [0.5, 0.6) is 0 Å². The minimum atomic E-state index is -0.308. The van der Waals surface area contributed by atoms with E-state index in [0.717, 1.165) is 10.2 Å². The number of methoxy groups -OCH3 is 1. The topological polar surface area (TPSA) is 47.6 Å². The lowest BCUT2D eigenvalue weighted by Gasteiger charge is -2.23. The molecule has 0 spiro atoms. The van der Waals surface area contributed by atoms with Crippen molar-refractivity contribution in [3.05, 3.63) is 28.2 Å². The molecule has 0 radical (unpaired) electrons. The van der Waals surface area contributed by atoms with Gasteiger partial charge in [-0.25, -0.2) is 4.79 Å². The van der Waals surface area contributed by atoms with Crippen molar-refractivity contribution in [2.45, 2.75) is 26.8 Å². The normalized spacial score (nSPS) is 12.3. The molecule has 0 aliphatic rings. The highest BCUT2D eigenvalue weighted by atomic mass is 79.9. The van der Waals surface area contributed by atoms with Crippen LogP contribution in [0.1, 0.15) is 31.1 Å². The Morgan fingerprint density at radius 2 is 2.10 bits per heavy atom. The first-order valence-electron chi connectivity index (χ1n) is 6.71. The third kappa shape index (κ3) is 4.80. The van der Waals surface area contributed by atoms with Gasteiger partial charge in [-0.1, -0.05) is 13.8 Å². The van der Waals surface area contributed by atoms with E-state index < -0.39 is 0 Å². The Balaban J connectivity index is 2.84. The van der Waals surface area contributed by atoms with Crippen molar-refractivity contribution in [2.75, 3.05) is 25.6 Å². The Morgan fingerprint density at radius 1 is 1.40 bits per heavy atom. The lowest BCUT2D eigenvalue weighted by atomic mass is 10.0. The molecule has 0 bridgehead atoms. The molecule has 0 saturated heterocycles. The zero-order chi connectivity index (χ0) is 15.1. The number of hydrogen-bond donors (Lipinski definition) is 1. The van der Waals surface area contributed by atoms with Crippen LogP contribution in [0.25, 0.3) is 0 Å². The van der Waals surface area contributed by atoms with Crippen LogP contribution in [-0.2, 0) is 9.47 Å². The molecule has 1 rings (SSSR count). The van der Waals surface area contributed by atoms with Gasteiger partial charge in [0.05, 0.1) is 24.8 Å². The largest absolute Gasteiger partial charge is 0.462 e. The molecule has 5 heteroatoms. The molecule has 20 heavy (non-hydrogen) atoms. The summed E-state index contributed by atoms with van der Waals surface area (Å²) in [7, 11) is 1.69. The number of carbonyl (C=O) groups excluding carboxylic acids is 1. The molecule has 0 amide bonds. The van der Waals surface area contributed by atoms with Gasteiger partial charge >= 0.3 is 5.97 Å². The summed E-state index contributed by atoms with van der Waals surface area (Å²) in [6, 6.07) is 5.62. The maximum Gasteiger partial charge on any atom is 0.338 e. The van der Waals surface area contributed by atoms with E-state index in [1.165, 1.54) is 0 Å². The van der Waals surface area contributed by atoms with Gasteiger partial charge in [0.1, 0.15) is 0 Å². The van der Waals surface area contributed by atoms with Crippen molar-refractivity contribution in [1.29, 1.82) is 0 Å². The fourth-order valence-corrected chi connectivity index (χ4v) is 2.25. The number of rotatable bonds is 7. The molecule has 0 heterocycles. The predicted octanol–water partition coefficient (Wildman–Crippen LogP) is 3.71. The highest BCUT2D eigenvalue weighted by Crippen LogP contribution is 2.26. The number of halogens is 1. The van der Waals surface area contributed by atoms with Crippen LogP contribution in [0, 0.1) is 5.92 Å². The molecular weight excluding hydrogens is 322 g/mol. The van der Waals surface area contributed by atoms with E-state index in [1.807, 2.05) is 6.07 Å². The molecular formula is C15H22BrNO3. The van der Waals surface area contributed by atoms with Crippen LogP contribution in [0.2, 0.25) is 0 Å². The number of ether oxygens (including phenoxy) is 2. The lowest BCUT2D eigenvalue weighted by molar-refractivity contribution is 0.0526. The number of anilines is 1. The van der Waals surface area contributed by atoms with Gasteiger partial charge in [0.2, 0.25) is 0 Å². The first-order valence-corrected chi connectivity index (χ1v) is 7.51. The lowest BCUT2D eigenvalue weighted by Crippen LogP contribution is -2.30. The summed E-state index contributed by atoms with van der Waals surface area (Å²) < 4.78 is 11.0. The van der Waals surface area contributed by atoms with E-state index in [-0.39, 0.29) is 12.0 Å². The predicted molar refractivity (Wildman–Crippen MR) is 84.2 cm³/mol. The molecule has 112 valence electrons. The summed E-state index contributed by atoms with van der Waals surface area (Å²) in [6.07, 6.45) is 0. The van der Waals surface area contributed by atoms with Gasteiger partial charge in [0.15, 0.2) is 0 Å². The Morgan fingerprint density at radius 3 is 2.60 bits per heavy atom. The minimum Gasteiger partial charge on any atom is -0.462 e. The molecule has 1 atom stereocenters. The molecule has 1 aromatic carbocycles. The van der Waals surface area contributed by atoms with Gasteiger partial charge in [-0.3, -0.25) is 0 Å². The van der Waals surface area contributed by atoms with Crippen molar-refractivity contribution < 1.29 is 14.3 Å². The van der Waals surface area contributed by atoms with Gasteiger partial charge < -0.3 is 14.8 Å². The summed E-state index contributed by atoms with van der Waals surface area (Å²) in [5.74, 6) is 0.128. The summed E-state index contributed by atoms with van der Waals surface area (Å²) in [5, 5.41) is 3.42. The molecule has 1 N–H and O–H groups in total. The Kier molecular flexibility index (Phi) is 7.02. The maximum atomic E-state index is 11.7. The zero-order valence-corrected chi connectivity index (χ0v) is 14.0. The molecule has 0 aliphatic carbocycles. The molecule has 0 aliphatic heterocycles. The van der Waals surface area contributed by atoms with E-state index in [1.54, 1.807) is 26.2 Å². The number of nitrogens with one attached hydrogen (secondary N) is 1. The average molecular weight is 344 g/mol. The third-order valence-corrected chi connectivity index (χ3v) is 3.63. The van der Waals surface area contributed by atoms with Crippen molar-refractivity contribution >= 4 is 27.6 Å². The highest BCUT2D eigenvalue weighted by Gasteiger charge is 2.15. The summed E-state index contributed by atoms with van der Waals surface area (Å²) in [6.45, 7) is 7.07. The second-order valence-electron chi connectivity index (χ2n) is 4.87. The number of esters is 1. The third-order valence-electron chi connectivity index (χ3n) is 2.97. The van der Waals surface area contributed by atoms with E-state index in [2.05, 4.69) is 35.1 Å². The maximum absolute atomic E-state index is 11.7. The fourth-order valence-electron chi connectivity index (χ4n) is 1.75. The van der Waals surface area contributed by atoms with Gasteiger partial charge in [-0.2, -0.15) is 0 Å². The molecule has 4 nitrogen and oxygen atoms in total. The van der Waals surface area contributed by atoms with Gasteiger partial charge in [0.25, 0.3) is 0 Å². The molecule has 1 aromatic rings. The molecule has 0 saturated carbocycles. The quantitative estimate of drug-likeness (QED) is 0.766. The average Bonchev–Trinajstić information content (AvgIpc) is 2.40. The van der Waals surface area contributed by atoms with E-state index in [4.69, 9.17) is 9.47 Å². The van der Waals surface area contributed by atoms with Crippen molar-refractivity contribution in [3.8, 4) is 0 Å². The first kappa shape index (κ1) is 17.0. The zero-order valence-electron chi connectivity index (χ0n) is 12.4. The van der Waals surface area contributed by atoms with Crippen LogP contribution in [0.3, 0.4) is 0 Å². The summed E-state index contributed by atoms with van der Waals surface area (Å²) in [5.41, 5.74) is 1.48. The number of benzene rings is 1. The molecule has 0 aromatic heterocycles. The van der Waals surface area contributed by atoms with Crippen LogP contribution < -0.4 is 5.32 Å². The van der Waals surface area contributed by atoms with E-state index in [0.29, 0.717) is 24.7 Å². The Hall–Kier alpha value is -1.07. The summed E-state index contributed by atoms with van der Waals surface area (Å²) in [4.78, 5) is 11.7. The van der Waals surface area contributed by atoms with Crippen molar-refractivity contribution in [1.82, 2.24) is 0 Å². The Labute approximate surface area is 129 Å². The fraction of sp³-hybridized carbons (Fsp3) is 0.533. The van der Waals surface area contributed by atoms with Crippen LogP contribution >= 0.6 is 15.9 Å². The SMILES string of the molecule is CCOC(=O)c1ccc(NC(COC)C(C)C)c(Br)c1. The van der Waals surface area contributed by atoms with E-state index >= 15 is 0 Å².